The number of ether oxygens (including phenoxy) is 1. The number of hydrogen-bond donors (Lipinski definition) is 2. The summed E-state index contributed by atoms with van der Waals surface area (Å²) >= 11 is 10.9. The van der Waals surface area contributed by atoms with Crippen molar-refractivity contribution in [1.29, 1.82) is 0 Å². The molecule has 0 saturated carbocycles. The van der Waals surface area contributed by atoms with Crippen LogP contribution >= 0.6 is 23.2 Å². The van der Waals surface area contributed by atoms with E-state index in [0.717, 1.165) is 0 Å². The van der Waals surface area contributed by atoms with Gasteiger partial charge < -0.3 is 9.72 Å². The van der Waals surface area contributed by atoms with Crippen molar-refractivity contribution in [2.75, 3.05) is 6.61 Å². The number of aromatic amines is 2. The molecule has 6 nitrogen and oxygen atoms in total. The number of nitrogens with one attached hydrogen (secondary N) is 2. The van der Waals surface area contributed by atoms with Crippen LogP contribution in [0.15, 0.2) is 27.8 Å². The molecule has 8 heteroatoms. The van der Waals surface area contributed by atoms with Gasteiger partial charge in [-0.1, -0.05) is 0 Å². The molecular weight excluding hydrogens is 295 g/mol. The number of rotatable bonds is 3. The van der Waals surface area contributed by atoms with E-state index >= 15 is 0 Å². The molecule has 0 spiro atoms. The second-order valence-corrected chi connectivity index (χ2v) is 4.94. The molecule has 0 saturated heterocycles. The SMILES string of the molecule is O=C(OCC(Cl)Cl)c1ccc2c(=O)[nH]c(=O)[nH]c2c1. The summed E-state index contributed by atoms with van der Waals surface area (Å²) in [5.74, 6) is -0.644. The number of carbonyl (C=O) groups is 1. The van der Waals surface area contributed by atoms with Crippen LogP contribution in [-0.2, 0) is 4.74 Å². The van der Waals surface area contributed by atoms with E-state index in [1.807, 2.05) is 0 Å². The van der Waals surface area contributed by atoms with Gasteiger partial charge in [-0.25, -0.2) is 9.59 Å². The molecule has 1 aromatic carbocycles. The number of aromatic nitrogens is 2. The molecule has 0 aliphatic carbocycles. The molecule has 1 heterocycles. The molecule has 19 heavy (non-hydrogen) atoms. The second kappa shape index (κ2) is 5.46. The predicted molar refractivity (Wildman–Crippen MR) is 71.0 cm³/mol. The Morgan fingerprint density at radius 1 is 1.26 bits per heavy atom. The number of benzene rings is 1. The lowest BCUT2D eigenvalue weighted by atomic mass is 10.1. The van der Waals surface area contributed by atoms with Crippen LogP contribution in [-0.4, -0.2) is 27.4 Å². The van der Waals surface area contributed by atoms with Gasteiger partial charge in [0, 0.05) is 0 Å². The first-order valence-electron chi connectivity index (χ1n) is 5.19. The maximum absolute atomic E-state index is 11.6. The lowest BCUT2D eigenvalue weighted by molar-refractivity contribution is 0.0521. The molecule has 0 amide bonds. The fourth-order valence-electron chi connectivity index (χ4n) is 1.52. The Bertz CT molecular complexity index is 735. The highest BCUT2D eigenvalue weighted by Crippen LogP contribution is 2.11. The highest BCUT2D eigenvalue weighted by Gasteiger charge is 2.11. The monoisotopic (exact) mass is 302 g/mol. The van der Waals surface area contributed by atoms with E-state index in [4.69, 9.17) is 27.9 Å². The molecule has 2 N–H and O–H groups in total. The molecule has 100 valence electrons. The van der Waals surface area contributed by atoms with Crippen molar-refractivity contribution < 1.29 is 9.53 Å². The fourth-order valence-corrected chi connectivity index (χ4v) is 1.64. The van der Waals surface area contributed by atoms with Crippen LogP contribution in [0.3, 0.4) is 0 Å². The third kappa shape index (κ3) is 3.15. The van der Waals surface area contributed by atoms with Gasteiger partial charge in [-0.2, -0.15) is 0 Å². The number of fused-ring (bicyclic) bond motifs is 1. The van der Waals surface area contributed by atoms with Gasteiger partial charge in [0.1, 0.15) is 11.4 Å². The number of hydrogen-bond acceptors (Lipinski definition) is 4. The zero-order valence-electron chi connectivity index (χ0n) is 9.41. The lowest BCUT2D eigenvalue weighted by Crippen LogP contribution is -2.22. The average molecular weight is 303 g/mol. The van der Waals surface area contributed by atoms with Crippen molar-refractivity contribution in [1.82, 2.24) is 9.97 Å². The Morgan fingerprint density at radius 3 is 2.68 bits per heavy atom. The Morgan fingerprint density at radius 2 is 2.00 bits per heavy atom. The second-order valence-electron chi connectivity index (χ2n) is 3.66. The van der Waals surface area contributed by atoms with E-state index in [-0.39, 0.29) is 23.1 Å². The maximum Gasteiger partial charge on any atom is 0.338 e. The summed E-state index contributed by atoms with van der Waals surface area (Å²) in [5, 5.41) is 0.267. The summed E-state index contributed by atoms with van der Waals surface area (Å²) in [6, 6.07) is 4.18. The fraction of sp³-hybridized carbons (Fsp3) is 0.182. The van der Waals surface area contributed by atoms with Crippen LogP contribution in [0.5, 0.6) is 0 Å². The standard InChI is InChI=1S/C11H8Cl2N2O4/c12-8(13)4-19-10(17)5-1-2-6-7(3-5)14-11(18)15-9(6)16/h1-3,8H,4H2,(H2,14,15,16,18). The first kappa shape index (κ1) is 13.6. The zero-order chi connectivity index (χ0) is 14.0. The highest BCUT2D eigenvalue weighted by atomic mass is 35.5. The van der Waals surface area contributed by atoms with E-state index in [1.54, 1.807) is 0 Å². The van der Waals surface area contributed by atoms with Crippen LogP contribution in [0, 0.1) is 0 Å². The topological polar surface area (TPSA) is 92.0 Å². The summed E-state index contributed by atoms with van der Waals surface area (Å²) < 4.78 is 4.82. The molecule has 0 atom stereocenters. The van der Waals surface area contributed by atoms with Crippen LogP contribution in [0.25, 0.3) is 10.9 Å². The Kier molecular flexibility index (Phi) is 3.92. The van der Waals surface area contributed by atoms with E-state index in [9.17, 15) is 14.4 Å². The van der Waals surface area contributed by atoms with Gasteiger partial charge >= 0.3 is 11.7 Å². The summed E-state index contributed by atoms with van der Waals surface area (Å²) in [6.07, 6.45) is 0. The average Bonchev–Trinajstić information content (AvgIpc) is 2.34. The van der Waals surface area contributed by atoms with Gasteiger partial charge in [0.05, 0.1) is 16.5 Å². The zero-order valence-corrected chi connectivity index (χ0v) is 10.9. The maximum atomic E-state index is 11.6. The van der Waals surface area contributed by atoms with E-state index in [2.05, 4.69) is 9.97 Å². The Hall–Kier alpha value is -1.79. The van der Waals surface area contributed by atoms with Gasteiger partial charge in [-0.05, 0) is 18.2 Å². The minimum atomic E-state index is -0.813. The molecule has 0 radical (unpaired) electrons. The molecule has 0 aliphatic heterocycles. The molecule has 0 bridgehead atoms. The summed E-state index contributed by atoms with van der Waals surface area (Å²) in [4.78, 5) is 37.9. The Balaban J connectivity index is 2.39. The van der Waals surface area contributed by atoms with Gasteiger partial charge in [0.15, 0.2) is 0 Å². The smallest absolute Gasteiger partial charge is 0.338 e. The molecular formula is C11H8Cl2N2O4. The third-order valence-corrected chi connectivity index (χ3v) is 2.57. The predicted octanol–water partition coefficient (Wildman–Crippen LogP) is 1.18. The van der Waals surface area contributed by atoms with Crippen molar-refractivity contribution in [3.63, 3.8) is 0 Å². The summed E-state index contributed by atoms with van der Waals surface area (Å²) in [5.41, 5.74) is -0.746. The van der Waals surface area contributed by atoms with Crippen molar-refractivity contribution in [3.05, 3.63) is 44.6 Å². The minimum Gasteiger partial charge on any atom is -0.459 e. The first-order valence-corrected chi connectivity index (χ1v) is 6.06. The van der Waals surface area contributed by atoms with Crippen LogP contribution in [0.2, 0.25) is 0 Å². The molecule has 0 fully saturated rings. The largest absolute Gasteiger partial charge is 0.459 e. The number of H-pyrrole nitrogens is 2. The molecule has 0 unspecified atom stereocenters. The number of carbonyl (C=O) groups excluding carboxylic acids is 1. The summed E-state index contributed by atoms with van der Waals surface area (Å²) in [6.45, 7) is -0.147. The number of alkyl halides is 2. The van der Waals surface area contributed by atoms with Gasteiger partial charge in [-0.3, -0.25) is 9.78 Å². The van der Waals surface area contributed by atoms with Crippen molar-refractivity contribution in [3.8, 4) is 0 Å². The van der Waals surface area contributed by atoms with Crippen molar-refractivity contribution in [2.45, 2.75) is 4.84 Å². The van der Waals surface area contributed by atoms with Crippen LogP contribution in [0.1, 0.15) is 10.4 Å². The quantitative estimate of drug-likeness (QED) is 0.658. The minimum absolute atomic E-state index is 0.147. The van der Waals surface area contributed by atoms with Gasteiger partial charge in [-0.15, -0.1) is 23.2 Å². The summed E-state index contributed by atoms with van der Waals surface area (Å²) in [7, 11) is 0. The molecule has 1 aromatic heterocycles. The Labute approximate surface area is 116 Å². The number of esters is 1. The van der Waals surface area contributed by atoms with Crippen LogP contribution < -0.4 is 11.2 Å². The number of halogens is 2. The first-order chi connectivity index (χ1) is 8.97. The molecule has 0 aliphatic rings. The molecule has 2 aromatic rings. The highest BCUT2D eigenvalue weighted by molar-refractivity contribution is 6.44. The normalized spacial score (nSPS) is 10.9. The van der Waals surface area contributed by atoms with E-state index < -0.39 is 22.1 Å². The van der Waals surface area contributed by atoms with Crippen molar-refractivity contribution in [2.24, 2.45) is 0 Å². The van der Waals surface area contributed by atoms with E-state index in [0.29, 0.717) is 0 Å². The van der Waals surface area contributed by atoms with Crippen LogP contribution in [0.4, 0.5) is 0 Å². The molecule has 2 rings (SSSR count). The lowest BCUT2D eigenvalue weighted by Gasteiger charge is -2.05. The third-order valence-electron chi connectivity index (χ3n) is 2.32. The van der Waals surface area contributed by atoms with Gasteiger partial charge in [0.25, 0.3) is 5.56 Å². The van der Waals surface area contributed by atoms with Crippen molar-refractivity contribution >= 4 is 40.1 Å². The van der Waals surface area contributed by atoms with E-state index in [1.165, 1.54) is 18.2 Å². The van der Waals surface area contributed by atoms with Gasteiger partial charge in [0.2, 0.25) is 0 Å².